The quantitative estimate of drug-likeness (QED) is 0.857. The van der Waals surface area contributed by atoms with Gasteiger partial charge in [-0.2, -0.15) is 0 Å². The van der Waals surface area contributed by atoms with Gasteiger partial charge in [-0.3, -0.25) is 0 Å². The molecular weight excluding hydrogens is 276 g/mol. The van der Waals surface area contributed by atoms with Crippen molar-refractivity contribution in [2.24, 2.45) is 11.8 Å². The zero-order valence-electron chi connectivity index (χ0n) is 11.5. The van der Waals surface area contributed by atoms with Crippen molar-refractivity contribution in [3.05, 3.63) is 12.4 Å². The van der Waals surface area contributed by atoms with Gasteiger partial charge in [0.05, 0.1) is 12.4 Å². The first-order chi connectivity index (χ1) is 9.58. The van der Waals surface area contributed by atoms with E-state index >= 15 is 0 Å². The van der Waals surface area contributed by atoms with Crippen LogP contribution in [0.3, 0.4) is 0 Å². The van der Waals surface area contributed by atoms with Crippen LogP contribution in [0.4, 0.5) is 5.95 Å². The standard InChI is InChI=1S/C13H20N4O2S/c1-2-14-13-15-7-11(8-16-13)20(18,19)17-12-6-9-3-4-10(12)5-9/h7-10,12,17H,2-6H2,1H3,(H,14,15,16). The monoisotopic (exact) mass is 296 g/mol. The number of fused-ring (bicyclic) bond motifs is 2. The number of sulfonamides is 1. The molecule has 3 rings (SSSR count). The van der Waals surface area contributed by atoms with Crippen LogP contribution in [0.1, 0.15) is 32.6 Å². The normalized spacial score (nSPS) is 28.8. The third-order valence-electron chi connectivity index (χ3n) is 4.32. The molecule has 2 N–H and O–H groups in total. The molecule has 1 heterocycles. The molecule has 2 aliphatic carbocycles. The SMILES string of the molecule is CCNc1ncc(S(=O)(=O)NC2CC3CCC2C3)cn1. The van der Waals surface area contributed by atoms with Crippen LogP contribution in [0.25, 0.3) is 0 Å². The number of hydrogen-bond acceptors (Lipinski definition) is 5. The molecule has 6 nitrogen and oxygen atoms in total. The molecule has 0 spiro atoms. The summed E-state index contributed by atoms with van der Waals surface area (Å²) >= 11 is 0. The van der Waals surface area contributed by atoms with E-state index in [4.69, 9.17) is 0 Å². The van der Waals surface area contributed by atoms with Crippen molar-refractivity contribution in [1.82, 2.24) is 14.7 Å². The molecule has 7 heteroatoms. The lowest BCUT2D eigenvalue weighted by Crippen LogP contribution is -2.38. The maximum atomic E-state index is 12.3. The van der Waals surface area contributed by atoms with Crippen molar-refractivity contribution in [3.8, 4) is 0 Å². The van der Waals surface area contributed by atoms with Gasteiger partial charge in [-0.15, -0.1) is 0 Å². The fourth-order valence-electron chi connectivity index (χ4n) is 3.36. The van der Waals surface area contributed by atoms with E-state index in [1.165, 1.54) is 25.2 Å². The number of aromatic nitrogens is 2. The molecule has 20 heavy (non-hydrogen) atoms. The average Bonchev–Trinajstić information content (AvgIpc) is 3.01. The van der Waals surface area contributed by atoms with E-state index < -0.39 is 10.0 Å². The van der Waals surface area contributed by atoms with E-state index in [1.807, 2.05) is 6.92 Å². The molecule has 2 saturated carbocycles. The molecule has 0 saturated heterocycles. The van der Waals surface area contributed by atoms with Crippen LogP contribution in [-0.4, -0.2) is 31.0 Å². The second kappa shape index (κ2) is 5.29. The Hall–Kier alpha value is -1.21. The number of rotatable bonds is 5. The van der Waals surface area contributed by atoms with Crippen LogP contribution in [-0.2, 0) is 10.0 Å². The summed E-state index contributed by atoms with van der Waals surface area (Å²) < 4.78 is 27.5. The average molecular weight is 296 g/mol. The first kappa shape index (κ1) is 13.8. The van der Waals surface area contributed by atoms with Crippen molar-refractivity contribution in [1.29, 1.82) is 0 Å². The van der Waals surface area contributed by atoms with Crippen molar-refractivity contribution < 1.29 is 8.42 Å². The lowest BCUT2D eigenvalue weighted by Gasteiger charge is -2.22. The van der Waals surface area contributed by atoms with Crippen LogP contribution < -0.4 is 10.0 Å². The fourth-order valence-corrected chi connectivity index (χ4v) is 4.57. The number of nitrogens with one attached hydrogen (secondary N) is 2. The molecular formula is C13H20N4O2S. The topological polar surface area (TPSA) is 84.0 Å². The first-order valence-electron chi connectivity index (χ1n) is 7.16. The summed E-state index contributed by atoms with van der Waals surface area (Å²) in [6.07, 6.45) is 7.27. The van der Waals surface area contributed by atoms with Gasteiger partial charge < -0.3 is 5.32 Å². The van der Waals surface area contributed by atoms with E-state index in [0.717, 1.165) is 12.8 Å². The van der Waals surface area contributed by atoms with Crippen LogP contribution in [0.5, 0.6) is 0 Å². The van der Waals surface area contributed by atoms with Gasteiger partial charge in [0.15, 0.2) is 0 Å². The molecule has 1 aromatic rings. The molecule has 3 unspecified atom stereocenters. The van der Waals surface area contributed by atoms with Crippen molar-refractivity contribution in [2.45, 2.75) is 43.5 Å². The lowest BCUT2D eigenvalue weighted by molar-refractivity contribution is 0.390. The molecule has 0 aromatic carbocycles. The van der Waals surface area contributed by atoms with Crippen molar-refractivity contribution in [3.63, 3.8) is 0 Å². The van der Waals surface area contributed by atoms with Gasteiger partial charge in [0.1, 0.15) is 4.90 Å². The van der Waals surface area contributed by atoms with E-state index in [9.17, 15) is 8.42 Å². The van der Waals surface area contributed by atoms with Crippen LogP contribution in [0.15, 0.2) is 17.3 Å². The summed E-state index contributed by atoms with van der Waals surface area (Å²) in [6, 6.07) is 0.0900. The highest BCUT2D eigenvalue weighted by molar-refractivity contribution is 7.89. The molecule has 1 aromatic heterocycles. The Balaban J connectivity index is 1.71. The molecule has 3 atom stereocenters. The number of anilines is 1. The smallest absolute Gasteiger partial charge is 0.243 e. The summed E-state index contributed by atoms with van der Waals surface area (Å²) in [5.74, 6) is 1.67. The minimum absolute atomic E-state index is 0.0900. The van der Waals surface area contributed by atoms with Gasteiger partial charge in [-0.25, -0.2) is 23.1 Å². The predicted molar refractivity (Wildman–Crippen MR) is 75.8 cm³/mol. The highest BCUT2D eigenvalue weighted by Crippen LogP contribution is 2.44. The third kappa shape index (κ3) is 2.64. The first-order valence-corrected chi connectivity index (χ1v) is 8.65. The van der Waals surface area contributed by atoms with E-state index in [0.29, 0.717) is 24.3 Å². The Morgan fingerprint density at radius 1 is 1.25 bits per heavy atom. The van der Waals surface area contributed by atoms with Crippen molar-refractivity contribution >= 4 is 16.0 Å². The van der Waals surface area contributed by atoms with Crippen LogP contribution in [0.2, 0.25) is 0 Å². The zero-order chi connectivity index (χ0) is 14.2. The molecule has 2 bridgehead atoms. The molecule has 0 aliphatic heterocycles. The fraction of sp³-hybridized carbons (Fsp3) is 0.692. The van der Waals surface area contributed by atoms with Gasteiger partial charge in [0, 0.05) is 12.6 Å². The van der Waals surface area contributed by atoms with Gasteiger partial charge in [0.25, 0.3) is 0 Å². The summed E-state index contributed by atoms with van der Waals surface area (Å²) in [6.45, 7) is 2.64. The minimum atomic E-state index is -3.50. The second-order valence-corrected chi connectivity index (χ2v) is 7.39. The number of nitrogens with zero attached hydrogens (tertiary/aromatic N) is 2. The third-order valence-corrected chi connectivity index (χ3v) is 5.76. The van der Waals surface area contributed by atoms with Crippen LogP contribution >= 0.6 is 0 Å². The number of hydrogen-bond donors (Lipinski definition) is 2. The Morgan fingerprint density at radius 2 is 2.00 bits per heavy atom. The molecule has 110 valence electrons. The van der Waals surface area contributed by atoms with Gasteiger partial charge in [-0.1, -0.05) is 6.42 Å². The Kier molecular flexibility index (Phi) is 3.64. The van der Waals surface area contributed by atoms with Crippen molar-refractivity contribution in [2.75, 3.05) is 11.9 Å². The van der Waals surface area contributed by atoms with Gasteiger partial charge in [-0.05, 0) is 38.0 Å². The maximum absolute atomic E-state index is 12.3. The summed E-state index contributed by atoms with van der Waals surface area (Å²) in [5, 5.41) is 2.94. The molecule has 0 amide bonds. The predicted octanol–water partition coefficient (Wildman–Crippen LogP) is 1.38. The largest absolute Gasteiger partial charge is 0.355 e. The van der Waals surface area contributed by atoms with E-state index in [1.54, 1.807) is 0 Å². The minimum Gasteiger partial charge on any atom is -0.355 e. The van der Waals surface area contributed by atoms with E-state index in [-0.39, 0.29) is 10.9 Å². The zero-order valence-corrected chi connectivity index (χ0v) is 12.4. The molecule has 2 aliphatic rings. The highest BCUT2D eigenvalue weighted by atomic mass is 32.2. The van der Waals surface area contributed by atoms with Gasteiger partial charge >= 0.3 is 0 Å². The Bertz CT molecular complexity index is 573. The Morgan fingerprint density at radius 3 is 2.55 bits per heavy atom. The summed E-state index contributed by atoms with van der Waals surface area (Å²) in [4.78, 5) is 8.17. The van der Waals surface area contributed by atoms with Crippen LogP contribution in [0, 0.1) is 11.8 Å². The highest BCUT2D eigenvalue weighted by Gasteiger charge is 2.41. The summed E-state index contributed by atoms with van der Waals surface area (Å²) in [7, 11) is -3.50. The maximum Gasteiger partial charge on any atom is 0.243 e. The molecule has 2 fully saturated rings. The Labute approximate surface area is 119 Å². The van der Waals surface area contributed by atoms with Gasteiger partial charge in [0.2, 0.25) is 16.0 Å². The lowest BCUT2D eigenvalue weighted by atomic mass is 9.96. The van der Waals surface area contributed by atoms with E-state index in [2.05, 4.69) is 20.0 Å². The second-order valence-electron chi connectivity index (χ2n) is 5.68. The summed E-state index contributed by atoms with van der Waals surface area (Å²) in [5.41, 5.74) is 0. The molecule has 0 radical (unpaired) electrons.